The third-order valence-electron chi connectivity index (χ3n) is 3.00. The van der Waals surface area contributed by atoms with Gasteiger partial charge in [-0.3, -0.25) is 0 Å². The Labute approximate surface area is 113 Å². The van der Waals surface area contributed by atoms with Crippen molar-refractivity contribution in [2.24, 2.45) is 0 Å². The first-order valence-electron chi connectivity index (χ1n) is 6.35. The average Bonchev–Trinajstić information content (AvgIpc) is 2.36. The normalized spacial score (nSPS) is 11.3. The maximum atomic E-state index is 9.39. The zero-order valence-corrected chi connectivity index (χ0v) is 11.2. The van der Waals surface area contributed by atoms with E-state index < -0.39 is 0 Å². The Bertz CT molecular complexity index is 560. The molecule has 0 radical (unpaired) electrons. The molecular weight excluding hydrogens is 236 g/mol. The lowest BCUT2D eigenvalue weighted by Crippen LogP contribution is -1.85. The molecule has 2 aromatic carbocycles. The van der Waals surface area contributed by atoms with E-state index in [1.807, 2.05) is 12.2 Å². The second-order valence-electron chi connectivity index (χ2n) is 4.94. The van der Waals surface area contributed by atoms with Gasteiger partial charge in [0.1, 0.15) is 11.5 Å². The molecule has 2 rings (SSSR count). The fraction of sp³-hybridized carbons (Fsp3) is 0.176. The first-order chi connectivity index (χ1) is 9.04. The van der Waals surface area contributed by atoms with Crippen molar-refractivity contribution in [1.82, 2.24) is 0 Å². The molecular formula is C17H18O2. The molecule has 0 fully saturated rings. The summed E-state index contributed by atoms with van der Waals surface area (Å²) in [5.41, 5.74) is 3.17. The van der Waals surface area contributed by atoms with Gasteiger partial charge in [-0.25, -0.2) is 0 Å². The van der Waals surface area contributed by atoms with Gasteiger partial charge in [0.25, 0.3) is 0 Å². The van der Waals surface area contributed by atoms with Crippen molar-refractivity contribution in [1.29, 1.82) is 0 Å². The van der Waals surface area contributed by atoms with Gasteiger partial charge in [0.05, 0.1) is 0 Å². The van der Waals surface area contributed by atoms with E-state index in [-0.39, 0.29) is 11.5 Å². The second kappa shape index (κ2) is 5.61. The number of hydrogen-bond donors (Lipinski definition) is 2. The summed E-state index contributed by atoms with van der Waals surface area (Å²) in [6.45, 7) is 4.33. The molecule has 0 atom stereocenters. The van der Waals surface area contributed by atoms with E-state index in [1.54, 1.807) is 12.1 Å². The van der Waals surface area contributed by atoms with Crippen LogP contribution in [0.5, 0.6) is 11.5 Å². The van der Waals surface area contributed by atoms with Crippen LogP contribution in [0.4, 0.5) is 0 Å². The zero-order chi connectivity index (χ0) is 13.8. The lowest BCUT2D eigenvalue weighted by molar-refractivity contribution is 0.450. The smallest absolute Gasteiger partial charge is 0.119 e. The van der Waals surface area contributed by atoms with E-state index in [1.165, 1.54) is 11.6 Å². The van der Waals surface area contributed by atoms with Gasteiger partial charge in [0.15, 0.2) is 0 Å². The lowest BCUT2D eigenvalue weighted by atomic mass is 10.0. The maximum Gasteiger partial charge on any atom is 0.119 e. The van der Waals surface area contributed by atoms with Crippen LogP contribution in [0.2, 0.25) is 0 Å². The molecule has 98 valence electrons. The van der Waals surface area contributed by atoms with Crippen LogP contribution in [0.15, 0.2) is 42.5 Å². The number of hydrogen-bond acceptors (Lipinski definition) is 2. The third kappa shape index (κ3) is 3.62. The minimum Gasteiger partial charge on any atom is -0.508 e. The van der Waals surface area contributed by atoms with Gasteiger partial charge in [0, 0.05) is 6.07 Å². The summed E-state index contributed by atoms with van der Waals surface area (Å²) in [6, 6.07) is 12.9. The highest BCUT2D eigenvalue weighted by atomic mass is 16.3. The highest BCUT2D eigenvalue weighted by Gasteiger charge is 1.98. The SMILES string of the molecule is CC(C)c1ccc(/C=C/c2cc(O)cc(O)c2)cc1. The number of rotatable bonds is 3. The molecule has 0 aliphatic rings. The van der Waals surface area contributed by atoms with Crippen LogP contribution >= 0.6 is 0 Å². The Morgan fingerprint density at radius 3 is 1.84 bits per heavy atom. The maximum absolute atomic E-state index is 9.39. The van der Waals surface area contributed by atoms with Crippen LogP contribution in [0.1, 0.15) is 36.5 Å². The van der Waals surface area contributed by atoms with Crippen LogP contribution in [0.3, 0.4) is 0 Å². The molecule has 0 saturated carbocycles. The summed E-state index contributed by atoms with van der Waals surface area (Å²) < 4.78 is 0. The van der Waals surface area contributed by atoms with Gasteiger partial charge >= 0.3 is 0 Å². The molecule has 0 unspecified atom stereocenters. The molecule has 2 nitrogen and oxygen atoms in total. The van der Waals surface area contributed by atoms with Gasteiger partial charge < -0.3 is 10.2 Å². The Morgan fingerprint density at radius 1 is 0.789 bits per heavy atom. The van der Waals surface area contributed by atoms with E-state index >= 15 is 0 Å². The molecule has 2 N–H and O–H groups in total. The predicted octanol–water partition coefficient (Wildman–Crippen LogP) is 4.39. The van der Waals surface area contributed by atoms with Gasteiger partial charge in [-0.2, -0.15) is 0 Å². The van der Waals surface area contributed by atoms with E-state index in [0.29, 0.717) is 5.92 Å². The summed E-state index contributed by atoms with van der Waals surface area (Å²) in [6.07, 6.45) is 3.82. The summed E-state index contributed by atoms with van der Waals surface area (Å²) in [4.78, 5) is 0. The fourth-order valence-corrected chi connectivity index (χ4v) is 1.90. The van der Waals surface area contributed by atoms with Crippen LogP contribution in [0, 0.1) is 0 Å². The standard InChI is InChI=1S/C17H18O2/c1-12(2)15-7-5-13(6-8-15)3-4-14-9-16(18)11-17(19)10-14/h3-12,18-19H,1-2H3/b4-3+. The summed E-state index contributed by atoms with van der Waals surface area (Å²) in [5.74, 6) is 0.658. The Morgan fingerprint density at radius 2 is 1.32 bits per heavy atom. The minimum absolute atomic E-state index is 0.0646. The van der Waals surface area contributed by atoms with Gasteiger partial charge in [-0.15, -0.1) is 0 Å². The number of phenolic OH excluding ortho intramolecular Hbond substituents is 2. The summed E-state index contributed by atoms with van der Waals surface area (Å²) >= 11 is 0. The quantitative estimate of drug-likeness (QED) is 0.797. The molecule has 2 heteroatoms. The Balaban J connectivity index is 2.17. The van der Waals surface area contributed by atoms with Crippen LogP contribution in [-0.2, 0) is 0 Å². The summed E-state index contributed by atoms with van der Waals surface area (Å²) in [7, 11) is 0. The van der Waals surface area contributed by atoms with Gasteiger partial charge in [-0.05, 0) is 34.7 Å². The fourth-order valence-electron chi connectivity index (χ4n) is 1.90. The Hall–Kier alpha value is -2.22. The van der Waals surface area contributed by atoms with E-state index in [4.69, 9.17) is 0 Å². The van der Waals surface area contributed by atoms with E-state index in [9.17, 15) is 10.2 Å². The second-order valence-corrected chi connectivity index (χ2v) is 4.94. The molecule has 19 heavy (non-hydrogen) atoms. The van der Waals surface area contributed by atoms with Crippen molar-refractivity contribution in [2.75, 3.05) is 0 Å². The van der Waals surface area contributed by atoms with Crippen molar-refractivity contribution in [3.05, 3.63) is 59.2 Å². The molecule has 2 aromatic rings. The van der Waals surface area contributed by atoms with Crippen molar-refractivity contribution in [2.45, 2.75) is 19.8 Å². The number of benzene rings is 2. The lowest BCUT2D eigenvalue weighted by Gasteiger charge is -2.04. The topological polar surface area (TPSA) is 40.5 Å². The number of aromatic hydroxyl groups is 2. The van der Waals surface area contributed by atoms with Crippen LogP contribution < -0.4 is 0 Å². The molecule has 0 amide bonds. The molecule has 0 heterocycles. The van der Waals surface area contributed by atoms with Crippen molar-refractivity contribution in [3.63, 3.8) is 0 Å². The van der Waals surface area contributed by atoms with Crippen LogP contribution in [-0.4, -0.2) is 10.2 Å². The highest BCUT2D eigenvalue weighted by molar-refractivity contribution is 5.71. The minimum atomic E-state index is 0.0646. The third-order valence-corrected chi connectivity index (χ3v) is 3.00. The average molecular weight is 254 g/mol. The van der Waals surface area contributed by atoms with Crippen LogP contribution in [0.25, 0.3) is 12.2 Å². The monoisotopic (exact) mass is 254 g/mol. The van der Waals surface area contributed by atoms with Gasteiger partial charge in [-0.1, -0.05) is 50.3 Å². The molecule has 0 bridgehead atoms. The molecule has 0 spiro atoms. The van der Waals surface area contributed by atoms with E-state index in [2.05, 4.69) is 38.1 Å². The van der Waals surface area contributed by atoms with E-state index in [0.717, 1.165) is 11.1 Å². The zero-order valence-electron chi connectivity index (χ0n) is 11.2. The largest absolute Gasteiger partial charge is 0.508 e. The van der Waals surface area contributed by atoms with Crippen molar-refractivity contribution in [3.8, 4) is 11.5 Å². The summed E-state index contributed by atoms with van der Waals surface area (Å²) in [5, 5.41) is 18.8. The molecule has 0 saturated heterocycles. The molecule has 0 aliphatic heterocycles. The Kier molecular flexibility index (Phi) is 3.91. The number of phenols is 2. The highest BCUT2D eigenvalue weighted by Crippen LogP contribution is 2.22. The van der Waals surface area contributed by atoms with Gasteiger partial charge in [0.2, 0.25) is 0 Å². The predicted molar refractivity (Wildman–Crippen MR) is 79.2 cm³/mol. The first-order valence-corrected chi connectivity index (χ1v) is 6.35. The van der Waals surface area contributed by atoms with Crippen molar-refractivity contribution < 1.29 is 10.2 Å². The molecule has 0 aliphatic carbocycles. The first kappa shape index (κ1) is 13.2. The molecule has 0 aromatic heterocycles. The van der Waals surface area contributed by atoms with Crippen molar-refractivity contribution >= 4 is 12.2 Å².